The first-order valence-corrected chi connectivity index (χ1v) is 9.67. The van der Waals surface area contributed by atoms with Gasteiger partial charge in [-0.1, -0.05) is 47.6 Å². The van der Waals surface area contributed by atoms with Crippen molar-refractivity contribution in [1.29, 1.82) is 0 Å². The summed E-state index contributed by atoms with van der Waals surface area (Å²) in [6.45, 7) is 3.21. The highest BCUT2D eigenvalue weighted by atomic mass is 35.5. The molecule has 0 saturated heterocycles. The molecular weight excluding hydrogens is 407 g/mol. The van der Waals surface area contributed by atoms with Gasteiger partial charge in [0.1, 0.15) is 5.82 Å². The molecule has 1 aromatic heterocycles. The van der Waals surface area contributed by atoms with Crippen molar-refractivity contribution >= 4 is 18.3 Å². The van der Waals surface area contributed by atoms with Crippen molar-refractivity contribution in [3.63, 3.8) is 0 Å². The van der Waals surface area contributed by atoms with Gasteiger partial charge in [0.25, 0.3) is 0 Å². The second kappa shape index (κ2) is 11.4. The Balaban J connectivity index is 0.00000320. The van der Waals surface area contributed by atoms with Crippen LogP contribution in [-0.2, 0) is 17.6 Å². The smallest absolute Gasteiger partial charge is 0.227 e. The second-order valence-electron chi connectivity index (χ2n) is 6.88. The van der Waals surface area contributed by atoms with Gasteiger partial charge in [0.15, 0.2) is 0 Å². The fourth-order valence-corrected chi connectivity index (χ4v) is 3.00. The van der Waals surface area contributed by atoms with Gasteiger partial charge in [-0.2, -0.15) is 4.98 Å². The van der Waals surface area contributed by atoms with Crippen molar-refractivity contribution in [2.75, 3.05) is 19.6 Å². The van der Waals surface area contributed by atoms with E-state index in [4.69, 9.17) is 10.3 Å². The quantitative estimate of drug-likeness (QED) is 0.558. The molecule has 1 amide bonds. The van der Waals surface area contributed by atoms with Gasteiger partial charge in [-0.25, -0.2) is 4.39 Å². The Hall–Kier alpha value is -2.77. The zero-order valence-electron chi connectivity index (χ0n) is 16.9. The lowest BCUT2D eigenvalue weighted by Crippen LogP contribution is -2.37. The Morgan fingerprint density at radius 1 is 1.13 bits per heavy atom. The van der Waals surface area contributed by atoms with Crippen LogP contribution in [0, 0.1) is 12.7 Å². The molecule has 0 aliphatic heterocycles. The highest BCUT2D eigenvalue weighted by molar-refractivity contribution is 5.85. The van der Waals surface area contributed by atoms with Gasteiger partial charge in [0.2, 0.25) is 17.6 Å². The molecule has 6 nitrogen and oxygen atoms in total. The number of carbonyl (C=O) groups is 1. The zero-order valence-corrected chi connectivity index (χ0v) is 17.7. The van der Waals surface area contributed by atoms with Crippen LogP contribution in [0.15, 0.2) is 53.1 Å². The minimum absolute atomic E-state index is 0. The lowest BCUT2D eigenvalue weighted by atomic mass is 10.1. The fourth-order valence-electron chi connectivity index (χ4n) is 3.00. The van der Waals surface area contributed by atoms with Crippen molar-refractivity contribution in [2.45, 2.75) is 26.2 Å². The topological polar surface area (TPSA) is 85.2 Å². The Morgan fingerprint density at radius 2 is 1.90 bits per heavy atom. The minimum atomic E-state index is -0.320. The highest BCUT2D eigenvalue weighted by Crippen LogP contribution is 2.19. The number of nitrogens with two attached hydrogens (primary N) is 1. The number of rotatable bonds is 9. The van der Waals surface area contributed by atoms with E-state index in [2.05, 4.69) is 10.1 Å². The van der Waals surface area contributed by atoms with Crippen LogP contribution in [0.3, 0.4) is 0 Å². The molecule has 0 radical (unpaired) electrons. The highest BCUT2D eigenvalue weighted by Gasteiger charge is 2.16. The zero-order chi connectivity index (χ0) is 20.6. The molecule has 1 heterocycles. The van der Waals surface area contributed by atoms with Crippen LogP contribution in [0.4, 0.5) is 4.39 Å². The first-order chi connectivity index (χ1) is 14.1. The second-order valence-corrected chi connectivity index (χ2v) is 6.88. The van der Waals surface area contributed by atoms with Crippen molar-refractivity contribution in [1.82, 2.24) is 15.0 Å². The molecule has 0 spiro atoms. The third-order valence-electron chi connectivity index (χ3n) is 4.72. The monoisotopic (exact) mass is 432 g/mol. The number of hydrogen-bond donors (Lipinski definition) is 1. The fraction of sp³-hybridized carbons (Fsp3) is 0.318. The summed E-state index contributed by atoms with van der Waals surface area (Å²) in [6, 6.07) is 14.8. The van der Waals surface area contributed by atoms with Crippen LogP contribution in [0.1, 0.15) is 23.4 Å². The largest absolute Gasteiger partial charge is 0.341 e. The third-order valence-corrected chi connectivity index (χ3v) is 4.72. The van der Waals surface area contributed by atoms with E-state index in [9.17, 15) is 9.18 Å². The number of aromatic nitrogens is 2. The van der Waals surface area contributed by atoms with E-state index in [0.29, 0.717) is 48.9 Å². The molecule has 0 unspecified atom stereocenters. The summed E-state index contributed by atoms with van der Waals surface area (Å²) in [5, 5.41) is 3.89. The predicted molar refractivity (Wildman–Crippen MR) is 116 cm³/mol. The number of hydrogen-bond acceptors (Lipinski definition) is 5. The van der Waals surface area contributed by atoms with Gasteiger partial charge >= 0.3 is 0 Å². The van der Waals surface area contributed by atoms with Gasteiger partial charge in [-0.3, -0.25) is 4.79 Å². The maximum Gasteiger partial charge on any atom is 0.227 e. The lowest BCUT2D eigenvalue weighted by molar-refractivity contribution is -0.131. The molecule has 8 heteroatoms. The van der Waals surface area contributed by atoms with Crippen molar-refractivity contribution in [3.05, 3.63) is 71.4 Å². The molecule has 2 N–H and O–H groups in total. The van der Waals surface area contributed by atoms with E-state index in [1.165, 1.54) is 11.6 Å². The van der Waals surface area contributed by atoms with E-state index in [0.717, 1.165) is 6.42 Å². The number of halogens is 2. The van der Waals surface area contributed by atoms with Crippen LogP contribution in [0.25, 0.3) is 11.4 Å². The van der Waals surface area contributed by atoms with E-state index in [1.807, 2.05) is 30.3 Å². The number of amides is 1. The third kappa shape index (κ3) is 6.37. The Bertz CT molecular complexity index is 949. The Kier molecular flexibility index (Phi) is 8.95. The number of carbonyl (C=O) groups excluding carboxylic acids is 1. The van der Waals surface area contributed by atoms with Crippen molar-refractivity contribution < 1.29 is 13.7 Å². The summed E-state index contributed by atoms with van der Waals surface area (Å²) in [4.78, 5) is 18.7. The molecule has 160 valence electrons. The molecule has 0 bridgehead atoms. The van der Waals surface area contributed by atoms with E-state index in [1.54, 1.807) is 24.0 Å². The number of nitrogens with zero attached hydrogens (tertiary/aromatic N) is 3. The van der Waals surface area contributed by atoms with Gasteiger partial charge in [0.05, 0.1) is 0 Å². The lowest BCUT2D eigenvalue weighted by Gasteiger charge is -2.22. The van der Waals surface area contributed by atoms with Crippen molar-refractivity contribution in [2.24, 2.45) is 5.73 Å². The molecule has 0 saturated carbocycles. The first-order valence-electron chi connectivity index (χ1n) is 9.67. The molecule has 2 aromatic carbocycles. The average Bonchev–Trinajstić information content (AvgIpc) is 3.21. The van der Waals surface area contributed by atoms with Gasteiger partial charge in [-0.15, -0.1) is 12.4 Å². The predicted octanol–water partition coefficient (Wildman–Crippen LogP) is 3.57. The van der Waals surface area contributed by atoms with Gasteiger partial charge in [0, 0.05) is 38.0 Å². The van der Waals surface area contributed by atoms with E-state index < -0.39 is 0 Å². The van der Waals surface area contributed by atoms with Crippen molar-refractivity contribution in [3.8, 4) is 11.4 Å². The number of benzene rings is 2. The van der Waals surface area contributed by atoms with Crippen LogP contribution in [0.2, 0.25) is 0 Å². The Morgan fingerprint density at radius 3 is 2.60 bits per heavy atom. The molecule has 3 aromatic rings. The molecular formula is C22H26ClFN4O2. The standard InChI is InChI=1S/C22H25FN4O2.ClH/c1-16-7-8-18(15-19(16)23)22-25-20(29-26-22)9-10-21(28)27(14-12-24)13-11-17-5-3-2-4-6-17;/h2-8,15H,9-14,24H2,1H3;1H. The van der Waals surface area contributed by atoms with Gasteiger partial charge in [-0.05, 0) is 30.5 Å². The van der Waals surface area contributed by atoms with Crippen LogP contribution >= 0.6 is 12.4 Å². The van der Waals surface area contributed by atoms with Crippen LogP contribution < -0.4 is 5.73 Å². The average molecular weight is 433 g/mol. The summed E-state index contributed by atoms with van der Waals surface area (Å²) >= 11 is 0. The normalized spacial score (nSPS) is 10.5. The molecule has 0 aliphatic rings. The molecule has 30 heavy (non-hydrogen) atoms. The molecule has 0 atom stereocenters. The van der Waals surface area contributed by atoms with Crippen LogP contribution in [-0.4, -0.2) is 40.6 Å². The Labute approximate surface area is 181 Å². The SMILES string of the molecule is Cc1ccc(-c2noc(CCC(=O)N(CCN)CCc3ccccc3)n2)cc1F.Cl. The molecule has 0 aliphatic carbocycles. The summed E-state index contributed by atoms with van der Waals surface area (Å²) in [6.07, 6.45) is 1.35. The van der Waals surface area contributed by atoms with Crippen LogP contribution in [0.5, 0.6) is 0 Å². The summed E-state index contributed by atoms with van der Waals surface area (Å²) in [5.74, 6) is 0.340. The van der Waals surface area contributed by atoms with E-state index >= 15 is 0 Å². The molecule has 3 rings (SSSR count). The number of aryl methyl sites for hydroxylation is 2. The summed E-state index contributed by atoms with van der Waals surface area (Å²) < 4.78 is 19.0. The maximum atomic E-state index is 13.7. The molecule has 0 fully saturated rings. The minimum Gasteiger partial charge on any atom is -0.341 e. The van der Waals surface area contributed by atoms with Gasteiger partial charge < -0.3 is 15.2 Å². The first kappa shape index (κ1) is 23.5. The van der Waals surface area contributed by atoms with E-state index in [-0.39, 0.29) is 30.6 Å². The maximum absolute atomic E-state index is 13.7. The summed E-state index contributed by atoms with van der Waals surface area (Å²) in [5.41, 5.74) is 7.94. The summed E-state index contributed by atoms with van der Waals surface area (Å²) in [7, 11) is 0.